The molecule has 10 nitrogen and oxygen atoms in total. The summed E-state index contributed by atoms with van der Waals surface area (Å²) in [6, 6.07) is 15.6. The average molecular weight is 535 g/mol. The van der Waals surface area contributed by atoms with Crippen molar-refractivity contribution in [1.29, 1.82) is 0 Å². The lowest BCUT2D eigenvalue weighted by Gasteiger charge is -2.35. The van der Waals surface area contributed by atoms with E-state index in [-0.39, 0.29) is 17.6 Å². The molecule has 0 saturated carbocycles. The number of piperidine rings is 1. The smallest absolute Gasteiger partial charge is 0.323 e. The fourth-order valence-electron chi connectivity index (χ4n) is 4.67. The van der Waals surface area contributed by atoms with E-state index < -0.39 is 18.6 Å². The van der Waals surface area contributed by atoms with Gasteiger partial charge in [0, 0.05) is 35.9 Å². The Balaban J connectivity index is 1.31. The van der Waals surface area contributed by atoms with Crippen LogP contribution in [0.25, 0.3) is 16.8 Å². The topological polar surface area (TPSA) is 132 Å². The summed E-state index contributed by atoms with van der Waals surface area (Å²) in [4.78, 5) is 31.2. The number of anilines is 2. The number of carboxylic acids is 1. The number of para-hydroxylation sites is 2. The maximum atomic E-state index is 13.3. The molecule has 2 aromatic carbocycles. The number of aliphatic carboxylic acids is 1. The Kier molecular flexibility index (Phi) is 7.54. The highest BCUT2D eigenvalue weighted by Gasteiger charge is 2.26. The number of hydrogen-bond donors (Lipinski definition) is 4. The van der Waals surface area contributed by atoms with Crippen molar-refractivity contribution in [1.82, 2.24) is 19.9 Å². The number of benzene rings is 2. The molecule has 0 aliphatic carbocycles. The molecule has 11 heteroatoms. The van der Waals surface area contributed by atoms with Gasteiger partial charge in [0.2, 0.25) is 0 Å². The van der Waals surface area contributed by atoms with E-state index in [1.807, 2.05) is 42.5 Å². The van der Waals surface area contributed by atoms with Crippen molar-refractivity contribution < 1.29 is 19.8 Å². The molecule has 3 heterocycles. The number of aliphatic hydroxyl groups excluding tert-OH is 1. The van der Waals surface area contributed by atoms with Crippen LogP contribution >= 0.6 is 11.6 Å². The lowest BCUT2D eigenvalue weighted by molar-refractivity contribution is -0.140. The van der Waals surface area contributed by atoms with Gasteiger partial charge in [-0.25, -0.2) is 9.50 Å². The van der Waals surface area contributed by atoms with Crippen LogP contribution in [0.4, 0.5) is 11.4 Å². The zero-order valence-corrected chi connectivity index (χ0v) is 21.2. The summed E-state index contributed by atoms with van der Waals surface area (Å²) in [6.07, 6.45) is 4.81. The molecule has 1 fully saturated rings. The number of carboxylic acid groups (broad SMARTS) is 1. The van der Waals surface area contributed by atoms with E-state index in [0.29, 0.717) is 42.3 Å². The fraction of sp³-hybridized carbons (Fsp3) is 0.259. The lowest BCUT2D eigenvalue weighted by atomic mass is 10.0. The number of hydrogen-bond acceptors (Lipinski definition) is 7. The Morgan fingerprint density at radius 2 is 1.89 bits per heavy atom. The average Bonchev–Trinajstić information content (AvgIpc) is 3.36. The minimum Gasteiger partial charge on any atom is -0.480 e. The molecule has 1 aliphatic rings. The number of nitrogens with one attached hydrogen (secondary N) is 2. The van der Waals surface area contributed by atoms with E-state index in [0.717, 1.165) is 16.8 Å². The summed E-state index contributed by atoms with van der Waals surface area (Å²) >= 11 is 6.16. The van der Waals surface area contributed by atoms with Crippen molar-refractivity contribution in [2.45, 2.75) is 24.9 Å². The Hall–Kier alpha value is -3.99. The molecule has 1 atom stereocenters. The van der Waals surface area contributed by atoms with Crippen LogP contribution in [0.2, 0.25) is 5.02 Å². The molecule has 5 rings (SSSR count). The Morgan fingerprint density at radius 3 is 2.63 bits per heavy atom. The number of amides is 1. The third kappa shape index (κ3) is 5.47. The van der Waals surface area contributed by atoms with Crippen molar-refractivity contribution >= 4 is 40.5 Å². The highest BCUT2D eigenvalue weighted by atomic mass is 35.5. The number of halogens is 1. The van der Waals surface area contributed by atoms with Gasteiger partial charge in [-0.1, -0.05) is 35.9 Å². The van der Waals surface area contributed by atoms with Crippen molar-refractivity contribution in [3.8, 4) is 11.1 Å². The molecule has 0 spiro atoms. The first-order chi connectivity index (χ1) is 18.4. The molecular formula is C27H27ClN6O4. The standard InChI is InChI=1S/C27H27ClN6O4/c28-18-5-3-4-17(14-18)20-15-29-34-13-10-22(31-25(20)34)26(36)32-21-6-1-2-7-24(21)33-11-8-19(9-12-33)30-23(16-35)27(37)38/h1-7,10,13-15,19,23,30,35H,8-9,11-12,16H2,(H,32,36)(H,37,38)/t23-/m1/s1. The van der Waals surface area contributed by atoms with Gasteiger partial charge < -0.3 is 20.4 Å². The van der Waals surface area contributed by atoms with Gasteiger partial charge in [-0.2, -0.15) is 5.10 Å². The summed E-state index contributed by atoms with van der Waals surface area (Å²) < 4.78 is 1.62. The first kappa shape index (κ1) is 25.7. The highest BCUT2D eigenvalue weighted by Crippen LogP contribution is 2.29. The van der Waals surface area contributed by atoms with Crippen molar-refractivity contribution in [2.24, 2.45) is 0 Å². The predicted molar refractivity (Wildman–Crippen MR) is 145 cm³/mol. The second kappa shape index (κ2) is 11.2. The zero-order valence-electron chi connectivity index (χ0n) is 20.4. The van der Waals surface area contributed by atoms with Crippen LogP contribution in [0.1, 0.15) is 23.3 Å². The molecule has 2 aromatic heterocycles. The molecule has 196 valence electrons. The number of carbonyl (C=O) groups excluding carboxylic acids is 1. The second-order valence-corrected chi connectivity index (χ2v) is 9.56. The van der Waals surface area contributed by atoms with Crippen molar-refractivity contribution in [3.63, 3.8) is 0 Å². The summed E-state index contributed by atoms with van der Waals surface area (Å²) in [6.45, 7) is 0.890. The molecule has 1 aliphatic heterocycles. The first-order valence-corrected chi connectivity index (χ1v) is 12.7. The van der Waals surface area contributed by atoms with Gasteiger partial charge in [0.1, 0.15) is 11.7 Å². The van der Waals surface area contributed by atoms with E-state index in [2.05, 4.69) is 25.6 Å². The monoisotopic (exact) mass is 534 g/mol. The molecule has 4 aromatic rings. The van der Waals surface area contributed by atoms with E-state index in [4.69, 9.17) is 11.6 Å². The van der Waals surface area contributed by atoms with Crippen LogP contribution in [0.5, 0.6) is 0 Å². The number of aromatic nitrogens is 3. The maximum Gasteiger partial charge on any atom is 0.323 e. The van der Waals surface area contributed by atoms with Crippen LogP contribution < -0.4 is 15.5 Å². The number of fused-ring (bicyclic) bond motifs is 1. The van der Waals surface area contributed by atoms with Gasteiger partial charge in [0.05, 0.1) is 24.2 Å². The van der Waals surface area contributed by atoms with Gasteiger partial charge in [0.15, 0.2) is 5.65 Å². The van der Waals surface area contributed by atoms with Gasteiger partial charge in [-0.05, 0) is 48.7 Å². The normalized spacial score (nSPS) is 14.9. The minimum absolute atomic E-state index is 0.0125. The Labute approximate surface area is 223 Å². The zero-order chi connectivity index (χ0) is 26.6. The number of aliphatic hydroxyl groups is 1. The Morgan fingerprint density at radius 1 is 1.11 bits per heavy atom. The Bertz CT molecular complexity index is 1470. The van der Waals surface area contributed by atoms with Crippen LogP contribution in [0, 0.1) is 0 Å². The molecule has 0 unspecified atom stereocenters. The molecule has 0 bridgehead atoms. The van der Waals surface area contributed by atoms with E-state index >= 15 is 0 Å². The molecule has 4 N–H and O–H groups in total. The third-order valence-electron chi connectivity index (χ3n) is 6.64. The largest absolute Gasteiger partial charge is 0.480 e. The van der Waals surface area contributed by atoms with Crippen molar-refractivity contribution in [3.05, 3.63) is 77.7 Å². The maximum absolute atomic E-state index is 13.3. The lowest BCUT2D eigenvalue weighted by Crippen LogP contribution is -2.50. The third-order valence-corrected chi connectivity index (χ3v) is 6.88. The van der Waals surface area contributed by atoms with E-state index in [1.54, 1.807) is 29.0 Å². The molecule has 38 heavy (non-hydrogen) atoms. The van der Waals surface area contributed by atoms with E-state index in [9.17, 15) is 19.8 Å². The first-order valence-electron chi connectivity index (χ1n) is 12.3. The predicted octanol–water partition coefficient (Wildman–Crippen LogP) is 3.31. The molecule has 0 radical (unpaired) electrons. The van der Waals surface area contributed by atoms with Crippen LogP contribution in [-0.2, 0) is 4.79 Å². The van der Waals surface area contributed by atoms with E-state index in [1.165, 1.54) is 0 Å². The summed E-state index contributed by atoms with van der Waals surface area (Å²) in [7, 11) is 0. The van der Waals surface area contributed by atoms with Gasteiger partial charge in [-0.3, -0.25) is 14.9 Å². The van der Waals surface area contributed by atoms with Crippen LogP contribution in [0.15, 0.2) is 67.0 Å². The number of carbonyl (C=O) groups is 2. The number of nitrogens with zero attached hydrogens (tertiary/aromatic N) is 4. The van der Waals surface area contributed by atoms with Gasteiger partial charge >= 0.3 is 5.97 Å². The highest BCUT2D eigenvalue weighted by molar-refractivity contribution is 6.30. The molecular weight excluding hydrogens is 508 g/mol. The summed E-state index contributed by atoms with van der Waals surface area (Å²) in [5.74, 6) is -1.41. The number of rotatable bonds is 8. The fourth-order valence-corrected chi connectivity index (χ4v) is 4.86. The SMILES string of the molecule is O=C(Nc1ccccc1N1CCC(N[C@H](CO)C(=O)O)CC1)c1ccn2ncc(-c3cccc(Cl)c3)c2n1. The van der Waals surface area contributed by atoms with Crippen LogP contribution in [-0.4, -0.2) is 68.5 Å². The summed E-state index contributed by atoms with van der Waals surface area (Å²) in [5.41, 5.74) is 3.96. The minimum atomic E-state index is -1.06. The summed E-state index contributed by atoms with van der Waals surface area (Å²) in [5, 5.41) is 29.4. The quantitative estimate of drug-likeness (QED) is 0.271. The molecule has 1 saturated heterocycles. The van der Waals surface area contributed by atoms with Gasteiger partial charge in [-0.15, -0.1) is 0 Å². The van der Waals surface area contributed by atoms with Crippen LogP contribution in [0.3, 0.4) is 0 Å². The van der Waals surface area contributed by atoms with Crippen molar-refractivity contribution in [2.75, 3.05) is 29.9 Å². The second-order valence-electron chi connectivity index (χ2n) is 9.12. The van der Waals surface area contributed by atoms with Gasteiger partial charge in [0.25, 0.3) is 5.91 Å². The molecule has 1 amide bonds.